The number of hydrogen-bond acceptors (Lipinski definition) is 1. The van der Waals surface area contributed by atoms with E-state index < -0.39 is 0 Å². The average molecular weight is 842 g/mol. The second-order valence-electron chi connectivity index (χ2n) is 17.1. The fourth-order valence-electron chi connectivity index (χ4n) is 9.78. The Morgan fingerprint density at radius 3 is 1.92 bits per heavy atom. The summed E-state index contributed by atoms with van der Waals surface area (Å²) in [5, 5.41) is 20.6. The first-order valence-corrected chi connectivity index (χ1v) is 22.6. The molecule has 1 aliphatic rings. The molecular weight excluding hydrogens is 787 g/mol. The van der Waals surface area contributed by atoms with Crippen molar-refractivity contribution in [2.24, 2.45) is 0 Å². The molecular formula is C62H55N3. The molecule has 0 aliphatic heterocycles. The Morgan fingerprint density at radius 1 is 0.631 bits per heavy atom. The molecule has 1 aliphatic carbocycles. The Bertz CT molecular complexity index is 3510. The van der Waals surface area contributed by atoms with Crippen molar-refractivity contribution < 1.29 is 0 Å². The van der Waals surface area contributed by atoms with Crippen LogP contribution in [0.1, 0.15) is 55.1 Å². The van der Waals surface area contributed by atoms with Gasteiger partial charge in [0, 0.05) is 39.3 Å². The van der Waals surface area contributed by atoms with Gasteiger partial charge in [0.15, 0.2) is 0 Å². The molecule has 318 valence electrons. The van der Waals surface area contributed by atoms with Crippen LogP contribution in [0.25, 0.3) is 98.8 Å². The zero-order valence-electron chi connectivity index (χ0n) is 38.0. The molecule has 0 saturated heterocycles. The van der Waals surface area contributed by atoms with Gasteiger partial charge in [0.1, 0.15) is 0 Å². The predicted octanol–water partition coefficient (Wildman–Crippen LogP) is 17.6. The van der Waals surface area contributed by atoms with Gasteiger partial charge in [-0.05, 0) is 166 Å². The number of nitrogens with one attached hydrogen (secondary N) is 3. The summed E-state index contributed by atoms with van der Waals surface area (Å²) < 4.78 is 0. The third-order valence-electron chi connectivity index (χ3n) is 12.5. The van der Waals surface area contributed by atoms with E-state index in [9.17, 15) is 0 Å². The standard InChI is InChI=1S/C49H36N2.C7H10.C6H9N/c1-29(25-30(2)50)46-40-15-7-9-17-42(40)48(43-18-10-8-16-41(43)46)34-20-22-38-33(27-34)19-24-44-39-23-21-35(28-45(39)51-49(38)44)47-36-13-5-3-11-31(36)26-32-12-4-6-14-37(32)47;1-3-5-7-6-4-2;1-5-3-6(2)7-4-5/h3-5,7-13,15-28,50-51H,6,14H2,1-2H3;3-7H,1H2,2H3;3-4,7H,1-2H3/b29-25+,50-30?;6-4-,7-5-;. The van der Waals surface area contributed by atoms with Crippen molar-refractivity contribution in [1.29, 1.82) is 5.41 Å². The zero-order valence-corrected chi connectivity index (χ0v) is 38.0. The molecule has 0 saturated carbocycles. The van der Waals surface area contributed by atoms with Gasteiger partial charge in [-0.3, -0.25) is 0 Å². The van der Waals surface area contributed by atoms with Crippen LogP contribution in [0.5, 0.6) is 0 Å². The van der Waals surface area contributed by atoms with Crippen LogP contribution in [-0.4, -0.2) is 15.7 Å². The summed E-state index contributed by atoms with van der Waals surface area (Å²) in [5.41, 5.74) is 15.7. The van der Waals surface area contributed by atoms with Crippen molar-refractivity contribution in [2.45, 2.75) is 47.5 Å². The molecule has 11 rings (SSSR count). The number of aromatic amines is 2. The molecule has 2 aromatic heterocycles. The Hall–Kier alpha value is -7.75. The van der Waals surface area contributed by atoms with Crippen molar-refractivity contribution in [1.82, 2.24) is 9.97 Å². The van der Waals surface area contributed by atoms with Gasteiger partial charge in [0.2, 0.25) is 0 Å². The van der Waals surface area contributed by atoms with Crippen molar-refractivity contribution in [3.8, 4) is 22.3 Å². The van der Waals surface area contributed by atoms with E-state index in [-0.39, 0.29) is 0 Å². The second-order valence-corrected chi connectivity index (χ2v) is 17.1. The van der Waals surface area contributed by atoms with Crippen LogP contribution in [0.15, 0.2) is 189 Å². The van der Waals surface area contributed by atoms with Gasteiger partial charge in [-0.1, -0.05) is 158 Å². The maximum absolute atomic E-state index is 8.17. The van der Waals surface area contributed by atoms with Crippen molar-refractivity contribution in [2.75, 3.05) is 0 Å². The molecule has 0 amide bonds. The molecule has 0 radical (unpaired) electrons. The molecule has 0 unspecified atom stereocenters. The van der Waals surface area contributed by atoms with Crippen molar-refractivity contribution in [3.63, 3.8) is 0 Å². The third kappa shape index (κ3) is 8.42. The monoisotopic (exact) mass is 841 g/mol. The molecule has 0 atom stereocenters. The van der Waals surface area contributed by atoms with Gasteiger partial charge >= 0.3 is 0 Å². The number of allylic oxidation sites excluding steroid dienone is 8. The number of aryl methyl sites for hydroxylation is 2. The zero-order chi connectivity index (χ0) is 45.0. The minimum absolute atomic E-state index is 0.559. The predicted molar refractivity (Wildman–Crippen MR) is 286 cm³/mol. The average Bonchev–Trinajstić information content (AvgIpc) is 3.90. The maximum Gasteiger partial charge on any atom is 0.0544 e. The van der Waals surface area contributed by atoms with Crippen molar-refractivity contribution in [3.05, 3.63) is 217 Å². The smallest absolute Gasteiger partial charge is 0.0544 e. The van der Waals surface area contributed by atoms with Crippen LogP contribution in [0.3, 0.4) is 0 Å². The molecule has 3 nitrogen and oxygen atoms in total. The minimum atomic E-state index is 0.559. The Kier molecular flexibility index (Phi) is 12.1. The highest BCUT2D eigenvalue weighted by atomic mass is 14.7. The molecule has 2 heterocycles. The van der Waals surface area contributed by atoms with Crippen molar-refractivity contribution >= 4 is 82.3 Å². The number of fused-ring (bicyclic) bond motifs is 9. The van der Waals surface area contributed by atoms with Crippen LogP contribution in [0, 0.1) is 19.3 Å². The van der Waals surface area contributed by atoms with Crippen LogP contribution >= 0.6 is 0 Å². The number of H-pyrrole nitrogens is 2. The lowest BCUT2D eigenvalue weighted by atomic mass is 9.85. The quantitative estimate of drug-likeness (QED) is 0.0849. The first-order chi connectivity index (χ1) is 31.7. The molecule has 0 bridgehead atoms. The fraction of sp³-hybridized carbons (Fsp3) is 0.113. The Labute approximate surface area is 382 Å². The van der Waals surface area contributed by atoms with Gasteiger partial charge in [0.05, 0.1) is 5.52 Å². The van der Waals surface area contributed by atoms with Crippen LogP contribution in [0.2, 0.25) is 0 Å². The molecule has 3 heteroatoms. The first-order valence-electron chi connectivity index (χ1n) is 22.6. The van der Waals surface area contributed by atoms with E-state index in [1.165, 1.54) is 115 Å². The Balaban J connectivity index is 0.000000329. The Morgan fingerprint density at radius 2 is 1.28 bits per heavy atom. The molecule has 8 aromatic carbocycles. The number of hydrogen-bond donors (Lipinski definition) is 3. The highest BCUT2D eigenvalue weighted by Crippen LogP contribution is 2.44. The molecule has 0 fully saturated rings. The fourth-order valence-corrected chi connectivity index (χ4v) is 9.78. The van der Waals surface area contributed by atoms with Gasteiger partial charge in [-0.15, -0.1) is 0 Å². The lowest BCUT2D eigenvalue weighted by Crippen LogP contribution is -1.99. The summed E-state index contributed by atoms with van der Waals surface area (Å²) in [4.78, 5) is 6.94. The van der Waals surface area contributed by atoms with E-state index in [0.29, 0.717) is 5.71 Å². The molecule has 0 spiro atoms. The second kappa shape index (κ2) is 18.5. The number of aromatic nitrogens is 2. The topological polar surface area (TPSA) is 55.4 Å². The first kappa shape index (κ1) is 42.5. The van der Waals surface area contributed by atoms with Gasteiger partial charge < -0.3 is 15.4 Å². The summed E-state index contributed by atoms with van der Waals surface area (Å²) in [5.74, 6) is 0. The van der Waals surface area contributed by atoms with E-state index in [2.05, 4.69) is 176 Å². The van der Waals surface area contributed by atoms with E-state index in [1.54, 1.807) is 6.08 Å². The van der Waals surface area contributed by atoms with E-state index >= 15 is 0 Å². The van der Waals surface area contributed by atoms with Gasteiger partial charge in [-0.25, -0.2) is 0 Å². The SMILES string of the molecule is C=C/C=C\C=C/C.CC(=N)/C=C(\C)c1c2ccccc2c(-c2ccc3c(ccc4c5ccc(-c6c7c(cc8ccccc68)C=CCC7)cc5[nH]c34)c2)c2ccccc12.Cc1c[nH]c(C)c1. The normalized spacial score (nSPS) is 12.6. The van der Waals surface area contributed by atoms with Crippen LogP contribution in [0.4, 0.5) is 0 Å². The summed E-state index contributed by atoms with van der Waals surface area (Å²) in [6.07, 6.45) is 20.2. The minimum Gasteiger partial charge on any atom is -0.365 e. The van der Waals surface area contributed by atoms with E-state index in [0.717, 1.165) is 18.4 Å². The molecule has 10 aromatic rings. The number of benzene rings is 8. The van der Waals surface area contributed by atoms with Gasteiger partial charge in [-0.2, -0.15) is 0 Å². The van der Waals surface area contributed by atoms with E-state index in [1.807, 2.05) is 57.3 Å². The highest BCUT2D eigenvalue weighted by molar-refractivity contribution is 6.22. The van der Waals surface area contributed by atoms with E-state index in [4.69, 9.17) is 5.41 Å². The number of rotatable bonds is 6. The summed E-state index contributed by atoms with van der Waals surface area (Å²) >= 11 is 0. The maximum atomic E-state index is 8.17. The summed E-state index contributed by atoms with van der Waals surface area (Å²) in [7, 11) is 0. The van der Waals surface area contributed by atoms with Crippen LogP contribution < -0.4 is 0 Å². The van der Waals surface area contributed by atoms with Crippen LogP contribution in [-0.2, 0) is 6.42 Å². The largest absolute Gasteiger partial charge is 0.365 e. The lowest BCUT2D eigenvalue weighted by molar-refractivity contribution is 0.991. The molecule has 3 N–H and O–H groups in total. The van der Waals surface area contributed by atoms with Gasteiger partial charge in [0.25, 0.3) is 0 Å². The summed E-state index contributed by atoms with van der Waals surface area (Å²) in [6, 6.07) is 49.3. The molecule has 65 heavy (non-hydrogen) atoms. The highest BCUT2D eigenvalue weighted by Gasteiger charge is 2.19. The lowest BCUT2D eigenvalue weighted by Gasteiger charge is -2.19. The third-order valence-corrected chi connectivity index (χ3v) is 12.5. The summed E-state index contributed by atoms with van der Waals surface area (Å²) in [6.45, 7) is 13.6.